The molecular weight excluding hydrogens is 406 g/mol. The van der Waals surface area contributed by atoms with E-state index in [1.807, 2.05) is 30.3 Å². The molecule has 1 atom stereocenters. The van der Waals surface area contributed by atoms with E-state index in [4.69, 9.17) is 4.74 Å². The highest BCUT2D eigenvalue weighted by Gasteiger charge is 2.20. The van der Waals surface area contributed by atoms with E-state index in [-0.39, 0.29) is 12.2 Å². The van der Waals surface area contributed by atoms with Crippen LogP contribution in [0, 0.1) is 0 Å². The van der Waals surface area contributed by atoms with Crippen molar-refractivity contribution in [1.29, 1.82) is 0 Å². The normalized spacial score (nSPS) is 12.2. The molecule has 156 valence electrons. The summed E-state index contributed by atoms with van der Waals surface area (Å²) >= 11 is 0. The predicted octanol–water partition coefficient (Wildman–Crippen LogP) is 2.60. The third-order valence-electron chi connectivity index (χ3n) is 4.16. The van der Waals surface area contributed by atoms with Crippen LogP contribution in [0.25, 0.3) is 5.69 Å². The van der Waals surface area contributed by atoms with E-state index in [1.165, 1.54) is 31.2 Å². The lowest BCUT2D eigenvalue weighted by Crippen LogP contribution is -2.25. The molecular formula is C21H21N3O5S. The van der Waals surface area contributed by atoms with Crippen molar-refractivity contribution >= 4 is 27.5 Å². The standard InChI is InChI=1S/C21H21N3O5S/c1-15(21(26)17-8-10-18(11-9-17)23-30(2,27)28)29-20(25)12-16-13-22-24(14-16)19-6-4-3-5-7-19/h3-11,13-15,23H,12H2,1-2H3. The summed E-state index contributed by atoms with van der Waals surface area (Å²) in [4.78, 5) is 24.7. The smallest absolute Gasteiger partial charge is 0.311 e. The fourth-order valence-electron chi connectivity index (χ4n) is 2.78. The molecule has 30 heavy (non-hydrogen) atoms. The molecule has 0 aliphatic carbocycles. The van der Waals surface area contributed by atoms with Gasteiger partial charge < -0.3 is 4.74 Å². The van der Waals surface area contributed by atoms with E-state index in [1.54, 1.807) is 17.1 Å². The average molecular weight is 427 g/mol. The number of ketones is 1. The SMILES string of the molecule is CC(OC(=O)Cc1cnn(-c2ccccc2)c1)C(=O)c1ccc(NS(C)(=O)=O)cc1. The Morgan fingerprint density at radius 3 is 2.40 bits per heavy atom. The van der Waals surface area contributed by atoms with Crippen LogP contribution in [0.2, 0.25) is 0 Å². The number of hydrogen-bond acceptors (Lipinski definition) is 6. The summed E-state index contributed by atoms with van der Waals surface area (Å²) in [6.45, 7) is 1.50. The van der Waals surface area contributed by atoms with Crippen LogP contribution in [0.5, 0.6) is 0 Å². The summed E-state index contributed by atoms with van der Waals surface area (Å²) in [5.41, 5.74) is 2.19. The molecule has 0 saturated heterocycles. The van der Waals surface area contributed by atoms with Crippen LogP contribution in [0.15, 0.2) is 67.0 Å². The molecule has 0 fully saturated rings. The van der Waals surface area contributed by atoms with Gasteiger partial charge in [-0.05, 0) is 43.3 Å². The lowest BCUT2D eigenvalue weighted by atomic mass is 10.1. The summed E-state index contributed by atoms with van der Waals surface area (Å²) in [6.07, 6.45) is 3.36. The lowest BCUT2D eigenvalue weighted by Gasteiger charge is -2.12. The molecule has 1 aromatic heterocycles. The molecule has 0 saturated carbocycles. The average Bonchev–Trinajstić information content (AvgIpc) is 3.15. The molecule has 0 amide bonds. The first kappa shape index (κ1) is 21.3. The molecule has 8 nitrogen and oxygen atoms in total. The van der Waals surface area contributed by atoms with Crippen LogP contribution in [0.4, 0.5) is 5.69 Å². The van der Waals surface area contributed by atoms with Gasteiger partial charge in [0.1, 0.15) is 0 Å². The monoisotopic (exact) mass is 427 g/mol. The number of hydrogen-bond donors (Lipinski definition) is 1. The van der Waals surface area contributed by atoms with Gasteiger partial charge in [0.05, 0.1) is 24.6 Å². The Morgan fingerprint density at radius 1 is 1.10 bits per heavy atom. The number of para-hydroxylation sites is 1. The Bertz CT molecular complexity index is 1140. The van der Waals surface area contributed by atoms with Crippen LogP contribution in [-0.2, 0) is 26.0 Å². The fourth-order valence-corrected chi connectivity index (χ4v) is 3.35. The molecule has 0 aliphatic heterocycles. The van der Waals surface area contributed by atoms with Crippen LogP contribution in [0.3, 0.4) is 0 Å². The van der Waals surface area contributed by atoms with Crippen molar-refractivity contribution in [2.75, 3.05) is 11.0 Å². The van der Waals surface area contributed by atoms with Gasteiger partial charge in [-0.15, -0.1) is 0 Å². The number of rotatable bonds is 8. The number of sulfonamides is 1. The maximum absolute atomic E-state index is 12.5. The van der Waals surface area contributed by atoms with E-state index >= 15 is 0 Å². The predicted molar refractivity (Wildman–Crippen MR) is 112 cm³/mol. The number of nitrogens with zero attached hydrogens (tertiary/aromatic N) is 2. The Morgan fingerprint density at radius 2 is 1.77 bits per heavy atom. The number of benzene rings is 2. The fraction of sp³-hybridized carbons (Fsp3) is 0.190. The number of carbonyl (C=O) groups excluding carboxylic acids is 2. The largest absolute Gasteiger partial charge is 0.454 e. The van der Waals surface area contributed by atoms with Crippen molar-refractivity contribution in [1.82, 2.24) is 9.78 Å². The molecule has 0 bridgehead atoms. The van der Waals surface area contributed by atoms with Crippen LogP contribution >= 0.6 is 0 Å². The summed E-state index contributed by atoms with van der Waals surface area (Å²) in [5.74, 6) is -0.923. The minimum absolute atomic E-state index is 0.0122. The van der Waals surface area contributed by atoms with Crippen LogP contribution in [-0.4, -0.2) is 42.3 Å². The Labute approximate surface area is 174 Å². The maximum Gasteiger partial charge on any atom is 0.311 e. The van der Waals surface area contributed by atoms with Crippen molar-refractivity contribution in [3.05, 3.63) is 78.1 Å². The number of carbonyl (C=O) groups is 2. The minimum atomic E-state index is -3.40. The summed E-state index contributed by atoms with van der Waals surface area (Å²) in [6, 6.07) is 15.4. The first-order chi connectivity index (χ1) is 14.2. The van der Waals surface area contributed by atoms with Gasteiger partial charge in [0.25, 0.3) is 0 Å². The number of anilines is 1. The van der Waals surface area contributed by atoms with E-state index in [0.717, 1.165) is 11.9 Å². The molecule has 1 unspecified atom stereocenters. The second-order valence-electron chi connectivity index (χ2n) is 6.75. The van der Waals surface area contributed by atoms with Gasteiger partial charge in [0.2, 0.25) is 15.8 Å². The van der Waals surface area contributed by atoms with Gasteiger partial charge in [-0.3, -0.25) is 14.3 Å². The van der Waals surface area contributed by atoms with Crippen molar-refractivity contribution in [3.63, 3.8) is 0 Å². The van der Waals surface area contributed by atoms with Gasteiger partial charge in [-0.1, -0.05) is 18.2 Å². The number of esters is 1. The van der Waals surface area contributed by atoms with Crippen molar-refractivity contribution < 1.29 is 22.7 Å². The zero-order valence-electron chi connectivity index (χ0n) is 16.5. The second kappa shape index (κ2) is 8.91. The quantitative estimate of drug-likeness (QED) is 0.437. The van der Waals surface area contributed by atoms with E-state index in [0.29, 0.717) is 16.8 Å². The summed E-state index contributed by atoms with van der Waals surface area (Å²) in [5, 5.41) is 4.23. The van der Waals surface area contributed by atoms with Gasteiger partial charge in [-0.2, -0.15) is 5.10 Å². The Hall–Kier alpha value is -3.46. The first-order valence-corrected chi connectivity index (χ1v) is 11.0. The molecule has 0 radical (unpaired) electrons. The number of Topliss-reactive ketones (excluding diaryl/α,β-unsaturated/α-hetero) is 1. The highest BCUT2D eigenvalue weighted by molar-refractivity contribution is 7.92. The van der Waals surface area contributed by atoms with Crippen LogP contribution < -0.4 is 4.72 Å². The zero-order valence-corrected chi connectivity index (χ0v) is 17.3. The Balaban J connectivity index is 1.57. The molecule has 9 heteroatoms. The molecule has 3 rings (SSSR count). The van der Waals surface area contributed by atoms with Crippen molar-refractivity contribution in [3.8, 4) is 5.69 Å². The number of ether oxygens (including phenoxy) is 1. The van der Waals surface area contributed by atoms with Crippen molar-refractivity contribution in [2.45, 2.75) is 19.4 Å². The van der Waals surface area contributed by atoms with E-state index in [9.17, 15) is 18.0 Å². The van der Waals surface area contributed by atoms with Crippen molar-refractivity contribution in [2.24, 2.45) is 0 Å². The topological polar surface area (TPSA) is 107 Å². The lowest BCUT2D eigenvalue weighted by molar-refractivity contribution is -0.145. The second-order valence-corrected chi connectivity index (χ2v) is 8.50. The number of aromatic nitrogens is 2. The molecule has 1 N–H and O–H groups in total. The minimum Gasteiger partial charge on any atom is -0.454 e. The zero-order chi connectivity index (χ0) is 21.7. The third kappa shape index (κ3) is 5.77. The molecule has 3 aromatic rings. The molecule has 0 spiro atoms. The van der Waals surface area contributed by atoms with Gasteiger partial charge >= 0.3 is 5.97 Å². The maximum atomic E-state index is 12.5. The molecule has 2 aromatic carbocycles. The summed E-state index contributed by atoms with van der Waals surface area (Å²) < 4.78 is 31.7. The number of nitrogens with one attached hydrogen (secondary N) is 1. The summed E-state index contributed by atoms with van der Waals surface area (Å²) in [7, 11) is -3.40. The third-order valence-corrected chi connectivity index (χ3v) is 4.76. The highest BCUT2D eigenvalue weighted by Crippen LogP contribution is 2.14. The van der Waals surface area contributed by atoms with E-state index in [2.05, 4.69) is 9.82 Å². The van der Waals surface area contributed by atoms with Crippen LogP contribution in [0.1, 0.15) is 22.8 Å². The van der Waals surface area contributed by atoms with E-state index < -0.39 is 22.1 Å². The van der Waals surface area contributed by atoms with Gasteiger partial charge in [0, 0.05) is 23.0 Å². The molecule has 0 aliphatic rings. The van der Waals surface area contributed by atoms with Gasteiger partial charge in [0.15, 0.2) is 6.10 Å². The highest BCUT2D eigenvalue weighted by atomic mass is 32.2. The first-order valence-electron chi connectivity index (χ1n) is 9.12. The molecule has 1 heterocycles. The van der Waals surface area contributed by atoms with Gasteiger partial charge in [-0.25, -0.2) is 13.1 Å². The Kier molecular flexibility index (Phi) is 6.31.